The van der Waals surface area contributed by atoms with Crippen LogP contribution in [0.15, 0.2) is 98.3 Å². The molecule has 0 saturated heterocycles. The Hall–Kier alpha value is -2.50. The summed E-state index contributed by atoms with van der Waals surface area (Å²) in [5.74, 6) is -1.02. The fraction of sp³-hybridized carbons (Fsp3) is 0.290. The molecule has 1 amide bonds. The van der Waals surface area contributed by atoms with Gasteiger partial charge < -0.3 is 10.1 Å². The molecule has 0 saturated carbocycles. The number of hydrogen-bond acceptors (Lipinski definition) is 5. The Bertz CT molecular complexity index is 1590. The van der Waals surface area contributed by atoms with Gasteiger partial charge in [0, 0.05) is 19.5 Å². The number of nitrogens with one attached hydrogen (secondary N) is 1. The van der Waals surface area contributed by atoms with Gasteiger partial charge in [-0.3, -0.25) is 4.79 Å². The Kier molecular flexibility index (Phi) is 10.7. The van der Waals surface area contributed by atoms with Crippen LogP contribution in [-0.2, 0) is 24.3 Å². The second kappa shape index (κ2) is 13.9. The SMILES string of the molecule is COC(=O)[C@H](CC(C)C)NC(=O)C1=CC[C@@H](c2cccc(Cl)c2)N(S(=O)(=O)c2ccc(Br)cc2)[C@H]1c1cccc(Br)c1. The van der Waals surface area contributed by atoms with Gasteiger partial charge in [-0.2, -0.15) is 4.31 Å². The minimum absolute atomic E-state index is 0.0756. The van der Waals surface area contributed by atoms with Crippen LogP contribution in [0.1, 0.15) is 49.9 Å². The summed E-state index contributed by atoms with van der Waals surface area (Å²) in [6, 6.07) is 18.0. The van der Waals surface area contributed by atoms with E-state index in [-0.39, 0.29) is 22.8 Å². The normalized spacial score (nSPS) is 18.3. The van der Waals surface area contributed by atoms with Gasteiger partial charge in [0.25, 0.3) is 0 Å². The highest BCUT2D eigenvalue weighted by atomic mass is 79.9. The van der Waals surface area contributed by atoms with Crippen molar-refractivity contribution in [1.82, 2.24) is 9.62 Å². The standard InChI is InChI=1S/C31H31Br2ClN2O5S/c1-19(2)16-27(31(38)41-3)35-30(37)26-14-15-28(20-6-5-9-24(34)18-20)36(29(26)21-7-4-8-23(33)17-21)42(39,40)25-12-10-22(32)11-13-25/h4-14,17-19,27-29H,15-16H2,1-3H3,(H,35,37)/t27-,28-,29-/m0/s1. The molecule has 3 atom stereocenters. The van der Waals surface area contributed by atoms with Crippen molar-refractivity contribution in [2.45, 2.75) is 49.7 Å². The molecule has 3 aromatic carbocycles. The summed E-state index contributed by atoms with van der Waals surface area (Å²) < 4.78 is 36.9. The van der Waals surface area contributed by atoms with Crippen molar-refractivity contribution in [1.29, 1.82) is 0 Å². The third-order valence-corrected chi connectivity index (χ3v) is 10.1. The van der Waals surface area contributed by atoms with Crippen LogP contribution in [-0.4, -0.2) is 37.8 Å². The van der Waals surface area contributed by atoms with Gasteiger partial charge in [0.15, 0.2) is 0 Å². The molecule has 42 heavy (non-hydrogen) atoms. The molecule has 0 spiro atoms. The van der Waals surface area contributed by atoms with Crippen molar-refractivity contribution in [2.75, 3.05) is 7.11 Å². The first-order valence-corrected chi connectivity index (χ1v) is 16.7. The zero-order chi connectivity index (χ0) is 30.6. The number of carbonyl (C=O) groups excluding carboxylic acids is 2. The molecule has 0 aliphatic carbocycles. The topological polar surface area (TPSA) is 92.8 Å². The number of amides is 1. The van der Waals surface area contributed by atoms with E-state index < -0.39 is 40.0 Å². The minimum Gasteiger partial charge on any atom is -0.467 e. The van der Waals surface area contributed by atoms with Crippen LogP contribution in [0.4, 0.5) is 0 Å². The molecule has 0 unspecified atom stereocenters. The van der Waals surface area contributed by atoms with E-state index in [0.29, 0.717) is 22.6 Å². The van der Waals surface area contributed by atoms with E-state index in [9.17, 15) is 18.0 Å². The first-order valence-electron chi connectivity index (χ1n) is 13.3. The lowest BCUT2D eigenvalue weighted by Crippen LogP contribution is -2.48. The van der Waals surface area contributed by atoms with E-state index >= 15 is 0 Å². The first kappa shape index (κ1) is 32.4. The molecule has 1 heterocycles. The third-order valence-electron chi connectivity index (χ3n) is 6.96. The summed E-state index contributed by atoms with van der Waals surface area (Å²) in [4.78, 5) is 26.6. The Morgan fingerprint density at radius 3 is 2.29 bits per heavy atom. The van der Waals surface area contributed by atoms with Gasteiger partial charge in [0.2, 0.25) is 15.9 Å². The maximum atomic E-state index is 14.6. The number of carbonyl (C=O) groups is 2. The molecule has 4 rings (SSSR count). The van der Waals surface area contributed by atoms with Gasteiger partial charge in [-0.1, -0.05) is 87.6 Å². The summed E-state index contributed by atoms with van der Waals surface area (Å²) in [7, 11) is -2.92. The average molecular weight is 739 g/mol. The Morgan fingerprint density at radius 2 is 1.67 bits per heavy atom. The molecule has 11 heteroatoms. The van der Waals surface area contributed by atoms with Gasteiger partial charge in [-0.25, -0.2) is 13.2 Å². The van der Waals surface area contributed by atoms with Crippen molar-refractivity contribution >= 4 is 65.4 Å². The predicted octanol–water partition coefficient (Wildman–Crippen LogP) is 7.37. The van der Waals surface area contributed by atoms with Crippen molar-refractivity contribution < 1.29 is 22.7 Å². The number of ether oxygens (including phenoxy) is 1. The van der Waals surface area contributed by atoms with Gasteiger partial charge in [-0.15, -0.1) is 0 Å². The number of nitrogens with zero attached hydrogens (tertiary/aromatic N) is 1. The lowest BCUT2D eigenvalue weighted by molar-refractivity contribution is -0.145. The highest BCUT2D eigenvalue weighted by Gasteiger charge is 2.45. The largest absolute Gasteiger partial charge is 0.467 e. The quantitative estimate of drug-likeness (QED) is 0.232. The van der Waals surface area contributed by atoms with Crippen LogP contribution in [0.25, 0.3) is 0 Å². The molecular weight excluding hydrogens is 708 g/mol. The zero-order valence-electron chi connectivity index (χ0n) is 23.3. The molecular formula is C31H31Br2ClN2O5S. The summed E-state index contributed by atoms with van der Waals surface area (Å²) in [6.45, 7) is 3.88. The molecule has 0 fully saturated rings. The Balaban J connectivity index is 1.92. The van der Waals surface area contributed by atoms with Crippen molar-refractivity contribution in [3.8, 4) is 0 Å². The van der Waals surface area contributed by atoms with Crippen LogP contribution in [0, 0.1) is 5.92 Å². The lowest BCUT2D eigenvalue weighted by atomic mass is 9.88. The van der Waals surface area contributed by atoms with E-state index in [0.717, 1.165) is 8.95 Å². The number of methoxy groups -OCH3 is 1. The molecule has 0 aromatic heterocycles. The summed E-state index contributed by atoms with van der Waals surface area (Å²) in [6.07, 6.45) is 2.32. The Morgan fingerprint density at radius 1 is 1.00 bits per heavy atom. The van der Waals surface area contributed by atoms with Crippen LogP contribution in [0.2, 0.25) is 5.02 Å². The number of benzene rings is 3. The van der Waals surface area contributed by atoms with E-state index in [1.165, 1.54) is 23.5 Å². The van der Waals surface area contributed by atoms with E-state index in [1.807, 2.05) is 26.0 Å². The maximum absolute atomic E-state index is 14.6. The summed E-state index contributed by atoms with van der Waals surface area (Å²) >= 11 is 13.2. The Labute approximate surface area is 268 Å². The van der Waals surface area contributed by atoms with Crippen molar-refractivity contribution in [3.05, 3.63) is 110 Å². The van der Waals surface area contributed by atoms with Crippen LogP contribution < -0.4 is 5.32 Å². The number of halogens is 3. The average Bonchev–Trinajstić information content (AvgIpc) is 2.95. The van der Waals surface area contributed by atoms with E-state index in [1.54, 1.807) is 54.6 Å². The molecule has 3 aromatic rings. The third kappa shape index (κ3) is 7.34. The van der Waals surface area contributed by atoms with Gasteiger partial charge in [0.1, 0.15) is 6.04 Å². The fourth-order valence-electron chi connectivity index (χ4n) is 5.09. The molecule has 222 valence electrons. The zero-order valence-corrected chi connectivity index (χ0v) is 28.0. The second-order valence-electron chi connectivity index (χ2n) is 10.4. The molecule has 7 nitrogen and oxygen atoms in total. The molecule has 1 aliphatic rings. The monoisotopic (exact) mass is 736 g/mol. The predicted molar refractivity (Wildman–Crippen MR) is 170 cm³/mol. The van der Waals surface area contributed by atoms with Crippen molar-refractivity contribution in [3.63, 3.8) is 0 Å². The molecule has 0 radical (unpaired) electrons. The first-order chi connectivity index (χ1) is 19.9. The highest BCUT2D eigenvalue weighted by molar-refractivity contribution is 9.10. The molecule has 1 aliphatic heterocycles. The van der Waals surface area contributed by atoms with E-state index in [4.69, 9.17) is 16.3 Å². The smallest absolute Gasteiger partial charge is 0.328 e. The van der Waals surface area contributed by atoms with Gasteiger partial charge in [0.05, 0.1) is 24.1 Å². The van der Waals surface area contributed by atoms with Gasteiger partial charge >= 0.3 is 5.97 Å². The minimum atomic E-state index is -4.19. The summed E-state index contributed by atoms with van der Waals surface area (Å²) in [5, 5.41) is 3.29. The van der Waals surface area contributed by atoms with Crippen LogP contribution in [0.5, 0.6) is 0 Å². The number of hydrogen-bond donors (Lipinski definition) is 1. The molecule has 0 bridgehead atoms. The van der Waals surface area contributed by atoms with Gasteiger partial charge in [-0.05, 0) is 78.4 Å². The van der Waals surface area contributed by atoms with Crippen LogP contribution in [0.3, 0.4) is 0 Å². The molecule has 1 N–H and O–H groups in total. The summed E-state index contributed by atoms with van der Waals surface area (Å²) in [5.41, 5.74) is 1.48. The highest BCUT2D eigenvalue weighted by Crippen LogP contribution is 2.46. The fourth-order valence-corrected chi connectivity index (χ4v) is 7.75. The van der Waals surface area contributed by atoms with Crippen LogP contribution >= 0.6 is 43.5 Å². The number of esters is 1. The van der Waals surface area contributed by atoms with E-state index in [2.05, 4.69) is 37.2 Å². The lowest BCUT2D eigenvalue weighted by Gasteiger charge is -2.41. The number of rotatable bonds is 9. The number of sulfonamides is 1. The second-order valence-corrected chi connectivity index (χ2v) is 14.5. The maximum Gasteiger partial charge on any atom is 0.328 e. The van der Waals surface area contributed by atoms with Crippen molar-refractivity contribution in [2.24, 2.45) is 5.92 Å².